The summed E-state index contributed by atoms with van der Waals surface area (Å²) in [6, 6.07) is 9.61. The number of carbonyl (C=O) groups is 2. The van der Waals surface area contributed by atoms with Crippen molar-refractivity contribution >= 4 is 17.8 Å². The quantitative estimate of drug-likeness (QED) is 0.621. The van der Waals surface area contributed by atoms with Gasteiger partial charge >= 0.3 is 6.03 Å². The van der Waals surface area contributed by atoms with E-state index in [9.17, 15) is 9.59 Å². The van der Waals surface area contributed by atoms with Crippen molar-refractivity contribution in [2.24, 2.45) is 11.7 Å². The molecule has 2 aromatic rings. The van der Waals surface area contributed by atoms with Crippen molar-refractivity contribution in [1.82, 2.24) is 24.9 Å². The molecule has 178 valence electrons. The highest BCUT2D eigenvalue weighted by Crippen LogP contribution is 2.44. The van der Waals surface area contributed by atoms with Crippen LogP contribution >= 0.6 is 0 Å². The maximum atomic E-state index is 13.1. The highest BCUT2D eigenvalue weighted by atomic mass is 16.2. The molecule has 4 N–H and O–H groups in total. The van der Waals surface area contributed by atoms with Crippen molar-refractivity contribution in [3.63, 3.8) is 0 Å². The Morgan fingerprint density at radius 3 is 2.64 bits per heavy atom. The van der Waals surface area contributed by atoms with Gasteiger partial charge in [0, 0.05) is 18.7 Å². The number of carbonyl (C=O) groups excluding carboxylic acids is 2. The molecule has 9 heteroatoms. The molecule has 33 heavy (non-hydrogen) atoms. The molecule has 2 atom stereocenters. The average molecular weight is 454 g/mol. The van der Waals surface area contributed by atoms with E-state index in [2.05, 4.69) is 27.7 Å². The molecule has 4 rings (SSSR count). The predicted octanol–water partition coefficient (Wildman–Crippen LogP) is 2.10. The normalized spacial score (nSPS) is 20.5. The van der Waals surface area contributed by atoms with Gasteiger partial charge in [-0.15, -0.1) is 0 Å². The lowest BCUT2D eigenvalue weighted by Gasteiger charge is -2.33. The number of amides is 3. The maximum absolute atomic E-state index is 13.1. The van der Waals surface area contributed by atoms with Crippen LogP contribution < -0.4 is 16.4 Å². The molecular weight excluding hydrogens is 418 g/mol. The molecule has 1 aromatic carbocycles. The first-order valence-corrected chi connectivity index (χ1v) is 11.6. The van der Waals surface area contributed by atoms with Crippen molar-refractivity contribution in [1.29, 1.82) is 0 Å². The number of benzene rings is 1. The Labute approximate surface area is 195 Å². The van der Waals surface area contributed by atoms with Crippen molar-refractivity contribution in [3.8, 4) is 0 Å². The Hall–Kier alpha value is -2.91. The zero-order valence-corrected chi connectivity index (χ0v) is 20.0. The molecule has 2 aliphatic rings. The van der Waals surface area contributed by atoms with Crippen LogP contribution in [0.4, 0.5) is 10.6 Å². The lowest BCUT2D eigenvalue weighted by atomic mass is 9.98. The van der Waals surface area contributed by atoms with Crippen LogP contribution in [0, 0.1) is 5.92 Å². The number of hydrogen-bond acceptors (Lipinski definition) is 5. The number of hydrogen-bond donors (Lipinski definition) is 3. The summed E-state index contributed by atoms with van der Waals surface area (Å²) in [6.45, 7) is 6.61. The number of likely N-dealkylation sites (N-methyl/N-ethyl adjacent to an activating group) is 1. The number of nitrogens with one attached hydrogen (secondary N) is 2. The van der Waals surface area contributed by atoms with E-state index in [1.165, 1.54) is 0 Å². The van der Waals surface area contributed by atoms with E-state index in [4.69, 9.17) is 10.8 Å². The first-order valence-electron chi connectivity index (χ1n) is 11.6. The largest absolute Gasteiger partial charge is 0.351 e. The second kappa shape index (κ2) is 9.15. The van der Waals surface area contributed by atoms with Gasteiger partial charge in [-0.25, -0.2) is 4.79 Å². The number of nitrogens with zero attached hydrogens (tertiary/aromatic N) is 4. The van der Waals surface area contributed by atoms with Gasteiger partial charge in [0.05, 0.1) is 29.7 Å². The topological polar surface area (TPSA) is 109 Å². The van der Waals surface area contributed by atoms with Gasteiger partial charge in [0.15, 0.2) is 5.82 Å². The summed E-state index contributed by atoms with van der Waals surface area (Å²) in [5, 5.41) is 11.3. The summed E-state index contributed by atoms with van der Waals surface area (Å²) in [6.07, 6.45) is 1.83. The Kier molecular flexibility index (Phi) is 6.45. The molecule has 0 spiro atoms. The van der Waals surface area contributed by atoms with Crippen molar-refractivity contribution in [2.75, 3.05) is 39.0 Å². The second-order valence-corrected chi connectivity index (χ2v) is 9.82. The number of primary amides is 1. The summed E-state index contributed by atoms with van der Waals surface area (Å²) in [4.78, 5) is 29.1. The second-order valence-electron chi connectivity index (χ2n) is 9.82. The summed E-state index contributed by atoms with van der Waals surface area (Å²) in [5.41, 5.74) is 7.97. The molecule has 9 nitrogen and oxygen atoms in total. The molecule has 0 radical (unpaired) electrons. The van der Waals surface area contributed by atoms with Crippen molar-refractivity contribution < 1.29 is 9.59 Å². The molecule has 1 fully saturated rings. The van der Waals surface area contributed by atoms with E-state index in [0.29, 0.717) is 25.5 Å². The minimum Gasteiger partial charge on any atom is -0.351 e. The van der Waals surface area contributed by atoms with Crippen LogP contribution in [0.3, 0.4) is 0 Å². The minimum atomic E-state index is -0.664. The zero-order valence-electron chi connectivity index (χ0n) is 20.0. The Balaban J connectivity index is 1.79. The third-order valence-corrected chi connectivity index (χ3v) is 6.77. The third-order valence-electron chi connectivity index (χ3n) is 6.77. The molecule has 1 saturated heterocycles. The SMILES string of the molecule is CN(C)C[C@H](c1ccccc1)n1nc(NC(=O)[C@@H]2CCCNC2)c2c1C(C)(C)N(C(N)=O)C2. The number of fused-ring (bicyclic) bond motifs is 1. The molecule has 0 bridgehead atoms. The van der Waals surface area contributed by atoms with Crippen LogP contribution in [0.15, 0.2) is 30.3 Å². The fourth-order valence-corrected chi connectivity index (χ4v) is 5.07. The van der Waals surface area contributed by atoms with E-state index < -0.39 is 11.6 Å². The van der Waals surface area contributed by atoms with Gasteiger partial charge in [0.25, 0.3) is 0 Å². The van der Waals surface area contributed by atoms with E-state index >= 15 is 0 Å². The van der Waals surface area contributed by atoms with Gasteiger partial charge in [0.2, 0.25) is 5.91 Å². The molecule has 1 aromatic heterocycles. The van der Waals surface area contributed by atoms with E-state index in [1.54, 1.807) is 4.90 Å². The summed E-state index contributed by atoms with van der Waals surface area (Å²) in [5.74, 6) is 0.402. The lowest BCUT2D eigenvalue weighted by molar-refractivity contribution is -0.120. The van der Waals surface area contributed by atoms with Crippen LogP contribution in [-0.4, -0.2) is 65.2 Å². The first-order chi connectivity index (χ1) is 15.7. The first kappa shape index (κ1) is 23.3. The minimum absolute atomic E-state index is 0.0335. The predicted molar refractivity (Wildman–Crippen MR) is 128 cm³/mol. The Morgan fingerprint density at radius 1 is 1.30 bits per heavy atom. The Bertz CT molecular complexity index is 1010. The molecule has 2 aliphatic heterocycles. The number of piperidine rings is 1. The lowest BCUT2D eigenvalue weighted by Crippen LogP contribution is -2.45. The van der Waals surface area contributed by atoms with Crippen LogP contribution in [0.2, 0.25) is 0 Å². The van der Waals surface area contributed by atoms with Crippen LogP contribution in [0.25, 0.3) is 0 Å². The number of aromatic nitrogens is 2. The monoisotopic (exact) mass is 453 g/mol. The molecule has 0 aliphatic carbocycles. The summed E-state index contributed by atoms with van der Waals surface area (Å²) in [7, 11) is 4.05. The average Bonchev–Trinajstić information content (AvgIpc) is 3.28. The van der Waals surface area contributed by atoms with Crippen molar-refractivity contribution in [3.05, 3.63) is 47.2 Å². The van der Waals surface area contributed by atoms with E-state index in [-0.39, 0.29) is 17.9 Å². The summed E-state index contributed by atoms with van der Waals surface area (Å²) < 4.78 is 1.99. The molecular formula is C24H35N7O2. The third kappa shape index (κ3) is 4.47. The molecule has 0 unspecified atom stereocenters. The van der Waals surface area contributed by atoms with Crippen LogP contribution in [-0.2, 0) is 16.9 Å². The highest BCUT2D eigenvalue weighted by molar-refractivity contribution is 5.93. The van der Waals surface area contributed by atoms with Gasteiger partial charge in [-0.2, -0.15) is 5.10 Å². The molecule has 0 saturated carbocycles. The highest BCUT2D eigenvalue weighted by Gasteiger charge is 2.46. The number of nitrogens with two attached hydrogens (primary N) is 1. The smallest absolute Gasteiger partial charge is 0.315 e. The number of urea groups is 1. The van der Waals surface area contributed by atoms with Gasteiger partial charge in [-0.3, -0.25) is 9.48 Å². The van der Waals surface area contributed by atoms with Gasteiger partial charge in [-0.05, 0) is 52.9 Å². The summed E-state index contributed by atoms with van der Waals surface area (Å²) >= 11 is 0. The van der Waals surface area contributed by atoms with E-state index in [0.717, 1.165) is 36.2 Å². The molecule has 3 amide bonds. The molecule has 3 heterocycles. The number of rotatable bonds is 6. The van der Waals surface area contributed by atoms with Gasteiger partial charge < -0.3 is 26.2 Å². The fourth-order valence-electron chi connectivity index (χ4n) is 5.07. The van der Waals surface area contributed by atoms with E-state index in [1.807, 2.05) is 50.8 Å². The maximum Gasteiger partial charge on any atom is 0.315 e. The van der Waals surface area contributed by atoms with Crippen LogP contribution in [0.1, 0.15) is 49.6 Å². The number of anilines is 1. The Morgan fingerprint density at radius 2 is 2.03 bits per heavy atom. The standard InChI is InChI=1S/C24H35N7O2/c1-24(2)20-18(14-30(24)23(25)33)21(27-22(32)17-11-8-12-26-13-17)28-31(20)19(15-29(3)4)16-9-6-5-7-10-16/h5-7,9-10,17,19,26H,8,11-15H2,1-4H3,(H2,25,33)(H,27,28,32)/t17-,19-/m1/s1. The van der Waals surface area contributed by atoms with Crippen LogP contribution in [0.5, 0.6) is 0 Å². The zero-order chi connectivity index (χ0) is 23.8. The fraction of sp³-hybridized carbons (Fsp3) is 0.542. The van der Waals surface area contributed by atoms with Gasteiger partial charge in [0.1, 0.15) is 0 Å². The van der Waals surface area contributed by atoms with Crippen molar-refractivity contribution in [2.45, 2.75) is 44.8 Å². The van der Waals surface area contributed by atoms with Gasteiger partial charge in [-0.1, -0.05) is 30.3 Å².